The van der Waals surface area contributed by atoms with Crippen molar-refractivity contribution in [3.63, 3.8) is 0 Å². The Kier molecular flexibility index (Phi) is 4.66. The Morgan fingerprint density at radius 2 is 2.00 bits per heavy atom. The molecule has 1 amide bonds. The summed E-state index contributed by atoms with van der Waals surface area (Å²) in [4.78, 5) is 12.6. The highest BCUT2D eigenvalue weighted by molar-refractivity contribution is 7.99. The van der Waals surface area contributed by atoms with Crippen LogP contribution in [0, 0.1) is 6.92 Å². The topological polar surface area (TPSA) is 70.9 Å². The molecule has 0 aliphatic rings. The standard InChI is InChI=1S/C16H13F2N3O2S/c1-9-2-7-14(23-9)12-8-13(21-20-12)15(22)19-10-3-5-11(6-4-10)24-16(17)18/h2-8,16H,1H3,(H,19,22)(H,20,21). The zero-order valence-electron chi connectivity index (χ0n) is 12.5. The van der Waals surface area contributed by atoms with Gasteiger partial charge < -0.3 is 9.73 Å². The van der Waals surface area contributed by atoms with E-state index in [1.54, 1.807) is 24.3 Å². The summed E-state index contributed by atoms with van der Waals surface area (Å²) in [5.74, 6) is -1.53. The molecule has 2 N–H and O–H groups in total. The number of carbonyl (C=O) groups excluding carboxylic acids is 1. The Morgan fingerprint density at radius 1 is 1.25 bits per heavy atom. The fourth-order valence-electron chi connectivity index (χ4n) is 2.06. The first-order valence-corrected chi connectivity index (χ1v) is 7.87. The Balaban J connectivity index is 1.68. The third kappa shape index (κ3) is 3.83. The van der Waals surface area contributed by atoms with Gasteiger partial charge >= 0.3 is 0 Å². The van der Waals surface area contributed by atoms with Gasteiger partial charge in [0.2, 0.25) is 0 Å². The van der Waals surface area contributed by atoms with Crippen molar-refractivity contribution in [1.82, 2.24) is 10.2 Å². The van der Waals surface area contributed by atoms with Crippen molar-refractivity contribution in [1.29, 1.82) is 0 Å². The Hall–Kier alpha value is -2.61. The summed E-state index contributed by atoms with van der Waals surface area (Å²) in [7, 11) is 0. The lowest BCUT2D eigenvalue weighted by molar-refractivity contribution is 0.102. The van der Waals surface area contributed by atoms with Gasteiger partial charge in [0.05, 0.1) is 0 Å². The molecule has 0 aliphatic heterocycles. The average Bonchev–Trinajstić information content (AvgIpc) is 3.17. The van der Waals surface area contributed by atoms with Gasteiger partial charge in [0.15, 0.2) is 11.5 Å². The number of benzene rings is 1. The van der Waals surface area contributed by atoms with Crippen molar-refractivity contribution < 1.29 is 18.0 Å². The summed E-state index contributed by atoms with van der Waals surface area (Å²) < 4.78 is 30.0. The van der Waals surface area contributed by atoms with E-state index in [-0.39, 0.29) is 5.69 Å². The van der Waals surface area contributed by atoms with Gasteiger partial charge in [-0.3, -0.25) is 9.89 Å². The molecule has 0 bridgehead atoms. The van der Waals surface area contributed by atoms with Gasteiger partial charge in [-0.2, -0.15) is 13.9 Å². The third-order valence-electron chi connectivity index (χ3n) is 3.15. The number of thioether (sulfide) groups is 1. The SMILES string of the molecule is Cc1ccc(-c2cc(C(=O)Nc3ccc(SC(F)F)cc3)n[nH]2)o1. The van der Waals surface area contributed by atoms with Crippen LogP contribution in [0.1, 0.15) is 16.2 Å². The Bertz CT molecular complexity index is 843. The molecule has 0 saturated heterocycles. The van der Waals surface area contributed by atoms with Gasteiger partial charge in [0.25, 0.3) is 11.7 Å². The molecule has 0 spiro atoms. The van der Waals surface area contributed by atoms with E-state index in [0.717, 1.165) is 5.76 Å². The second kappa shape index (κ2) is 6.88. The maximum atomic E-state index is 12.3. The first-order chi connectivity index (χ1) is 11.5. The molecule has 0 atom stereocenters. The van der Waals surface area contributed by atoms with Crippen LogP contribution in [0.5, 0.6) is 0 Å². The number of halogens is 2. The summed E-state index contributed by atoms with van der Waals surface area (Å²) in [6, 6.07) is 11.3. The number of aromatic nitrogens is 2. The summed E-state index contributed by atoms with van der Waals surface area (Å²) >= 11 is 0.452. The van der Waals surface area contributed by atoms with Crippen LogP contribution in [-0.2, 0) is 0 Å². The van der Waals surface area contributed by atoms with Crippen LogP contribution < -0.4 is 5.32 Å². The number of nitrogens with zero attached hydrogens (tertiary/aromatic N) is 1. The predicted octanol–water partition coefficient (Wildman–Crippen LogP) is 4.55. The van der Waals surface area contributed by atoms with E-state index in [0.29, 0.717) is 33.8 Å². The molecule has 5 nitrogen and oxygen atoms in total. The summed E-state index contributed by atoms with van der Waals surface area (Å²) in [6.45, 7) is 1.82. The maximum Gasteiger partial charge on any atom is 0.288 e. The normalized spacial score (nSPS) is 11.0. The quantitative estimate of drug-likeness (QED) is 0.663. The minimum absolute atomic E-state index is 0.199. The molecule has 0 fully saturated rings. The number of aryl methyl sites for hydroxylation is 1. The van der Waals surface area contributed by atoms with Gasteiger partial charge in [-0.25, -0.2) is 0 Å². The highest BCUT2D eigenvalue weighted by Crippen LogP contribution is 2.26. The zero-order chi connectivity index (χ0) is 17.1. The fraction of sp³-hybridized carbons (Fsp3) is 0.125. The monoisotopic (exact) mass is 349 g/mol. The minimum atomic E-state index is -2.47. The first kappa shape index (κ1) is 16.3. The smallest absolute Gasteiger partial charge is 0.288 e. The highest BCUT2D eigenvalue weighted by Gasteiger charge is 2.13. The number of hydrogen-bond donors (Lipinski definition) is 2. The van der Waals surface area contributed by atoms with E-state index < -0.39 is 11.7 Å². The largest absolute Gasteiger partial charge is 0.460 e. The molecule has 124 valence electrons. The van der Waals surface area contributed by atoms with Crippen LogP contribution in [0.25, 0.3) is 11.5 Å². The van der Waals surface area contributed by atoms with Crippen molar-refractivity contribution in [3.05, 3.63) is 53.9 Å². The van der Waals surface area contributed by atoms with E-state index in [9.17, 15) is 13.6 Å². The summed E-state index contributed by atoms with van der Waals surface area (Å²) in [5.41, 5.74) is 1.29. The van der Waals surface area contributed by atoms with Crippen LogP contribution in [0.3, 0.4) is 0 Å². The number of hydrogen-bond acceptors (Lipinski definition) is 4. The molecule has 3 rings (SSSR count). The van der Waals surface area contributed by atoms with Crippen molar-refractivity contribution in [2.45, 2.75) is 17.6 Å². The zero-order valence-corrected chi connectivity index (χ0v) is 13.4. The Labute approximate surface area is 140 Å². The minimum Gasteiger partial charge on any atom is -0.460 e. The fourth-order valence-corrected chi connectivity index (χ4v) is 2.56. The maximum absolute atomic E-state index is 12.3. The van der Waals surface area contributed by atoms with Crippen molar-refractivity contribution >= 4 is 23.4 Å². The number of amides is 1. The molecule has 3 aromatic rings. The Morgan fingerprint density at radius 3 is 2.62 bits per heavy atom. The third-order valence-corrected chi connectivity index (χ3v) is 3.88. The number of nitrogens with one attached hydrogen (secondary N) is 2. The number of H-pyrrole nitrogens is 1. The molecule has 24 heavy (non-hydrogen) atoms. The van der Waals surface area contributed by atoms with Gasteiger partial charge in [-0.05, 0) is 43.3 Å². The van der Waals surface area contributed by atoms with E-state index in [2.05, 4.69) is 15.5 Å². The molecule has 2 heterocycles. The van der Waals surface area contributed by atoms with Gasteiger partial charge in [0.1, 0.15) is 11.5 Å². The van der Waals surface area contributed by atoms with Crippen molar-refractivity contribution in [3.8, 4) is 11.5 Å². The number of rotatable bonds is 5. The number of furan rings is 1. The molecule has 0 radical (unpaired) electrons. The molecule has 8 heteroatoms. The number of carbonyl (C=O) groups is 1. The second-order valence-corrected chi connectivity index (χ2v) is 6.00. The van der Waals surface area contributed by atoms with Gasteiger partial charge in [-0.15, -0.1) is 0 Å². The van der Waals surface area contributed by atoms with Crippen molar-refractivity contribution in [2.24, 2.45) is 0 Å². The predicted molar refractivity (Wildman–Crippen MR) is 87.3 cm³/mol. The van der Waals surface area contributed by atoms with Gasteiger partial charge in [0, 0.05) is 16.6 Å². The van der Waals surface area contributed by atoms with Crippen LogP contribution >= 0.6 is 11.8 Å². The average molecular weight is 349 g/mol. The van der Waals surface area contributed by atoms with Gasteiger partial charge in [-0.1, -0.05) is 11.8 Å². The molecule has 0 saturated carbocycles. The van der Waals surface area contributed by atoms with E-state index in [1.807, 2.05) is 13.0 Å². The second-order valence-electron chi connectivity index (χ2n) is 4.93. The van der Waals surface area contributed by atoms with E-state index in [4.69, 9.17) is 4.42 Å². The summed E-state index contributed by atoms with van der Waals surface area (Å²) in [6.07, 6.45) is 0. The first-order valence-electron chi connectivity index (χ1n) is 7.00. The summed E-state index contributed by atoms with van der Waals surface area (Å²) in [5, 5.41) is 9.36. The molecule has 2 aromatic heterocycles. The van der Waals surface area contributed by atoms with E-state index >= 15 is 0 Å². The molecule has 0 unspecified atom stereocenters. The highest BCUT2D eigenvalue weighted by atomic mass is 32.2. The lowest BCUT2D eigenvalue weighted by Gasteiger charge is -2.04. The lowest BCUT2D eigenvalue weighted by atomic mass is 10.2. The number of aromatic amines is 1. The molecule has 1 aromatic carbocycles. The van der Waals surface area contributed by atoms with Crippen LogP contribution in [0.15, 0.2) is 51.8 Å². The van der Waals surface area contributed by atoms with E-state index in [1.165, 1.54) is 12.1 Å². The van der Waals surface area contributed by atoms with Crippen LogP contribution in [0.4, 0.5) is 14.5 Å². The molecular weight excluding hydrogens is 336 g/mol. The molecule has 0 aliphatic carbocycles. The molecular formula is C16H13F2N3O2S. The number of anilines is 1. The van der Waals surface area contributed by atoms with Crippen LogP contribution in [0.2, 0.25) is 0 Å². The van der Waals surface area contributed by atoms with Crippen LogP contribution in [-0.4, -0.2) is 21.9 Å². The number of alkyl halides is 2. The lowest BCUT2D eigenvalue weighted by Crippen LogP contribution is -2.12. The van der Waals surface area contributed by atoms with Crippen molar-refractivity contribution in [2.75, 3.05) is 5.32 Å².